The van der Waals surface area contributed by atoms with Crippen LogP contribution >= 0.6 is 0 Å². The maximum atomic E-state index is 13.0. The molecule has 1 aromatic carbocycles. The lowest BCUT2D eigenvalue weighted by Crippen LogP contribution is -2.49. The van der Waals surface area contributed by atoms with Crippen molar-refractivity contribution in [1.82, 2.24) is 14.3 Å². The fourth-order valence-electron chi connectivity index (χ4n) is 3.77. The van der Waals surface area contributed by atoms with Crippen LogP contribution in [-0.4, -0.2) is 68.6 Å². The van der Waals surface area contributed by atoms with Gasteiger partial charge >= 0.3 is 0 Å². The maximum absolute atomic E-state index is 13.0. The molecule has 0 unspecified atom stereocenters. The van der Waals surface area contributed by atoms with Crippen LogP contribution in [0.3, 0.4) is 0 Å². The first kappa shape index (κ1) is 19.9. The van der Waals surface area contributed by atoms with Crippen LogP contribution in [-0.2, 0) is 10.0 Å². The van der Waals surface area contributed by atoms with E-state index in [1.165, 1.54) is 12.8 Å². The molecule has 0 saturated carbocycles. The van der Waals surface area contributed by atoms with Gasteiger partial charge in [-0.25, -0.2) is 13.4 Å². The van der Waals surface area contributed by atoms with Gasteiger partial charge in [-0.15, -0.1) is 0 Å². The zero-order valence-corrected chi connectivity index (χ0v) is 17.5. The molecule has 4 rings (SSSR count). The Morgan fingerprint density at radius 1 is 0.931 bits per heavy atom. The highest BCUT2D eigenvalue weighted by atomic mass is 32.2. The highest BCUT2D eigenvalue weighted by Crippen LogP contribution is 2.23. The first-order valence-electron chi connectivity index (χ1n) is 10.1. The zero-order valence-electron chi connectivity index (χ0n) is 16.7. The highest BCUT2D eigenvalue weighted by molar-refractivity contribution is 7.89. The Morgan fingerprint density at radius 3 is 2.28 bits per heavy atom. The predicted octanol–water partition coefficient (Wildman–Crippen LogP) is 1.99. The van der Waals surface area contributed by atoms with Crippen molar-refractivity contribution >= 4 is 21.8 Å². The third kappa shape index (κ3) is 4.30. The molecule has 0 N–H and O–H groups in total. The Bertz CT molecular complexity index is 921. The Labute approximate surface area is 172 Å². The third-order valence-corrected chi connectivity index (χ3v) is 7.27. The maximum Gasteiger partial charge on any atom is 0.243 e. The standard InChI is InChI=1S/C20H27N5O3S/c1-2-28-17-5-7-18(8-6-17)29(26,27)25-15-13-23(14-16-25)19-9-10-21-20(22-19)24-11-3-4-12-24/h5-10H,2-4,11-16H2,1H3. The van der Waals surface area contributed by atoms with Crippen molar-refractivity contribution in [3.05, 3.63) is 36.5 Å². The van der Waals surface area contributed by atoms with Gasteiger partial charge in [-0.1, -0.05) is 0 Å². The number of hydrogen-bond acceptors (Lipinski definition) is 7. The van der Waals surface area contributed by atoms with Crippen molar-refractivity contribution in [3.8, 4) is 5.75 Å². The van der Waals surface area contributed by atoms with Gasteiger partial charge in [-0.05, 0) is 50.1 Å². The van der Waals surface area contributed by atoms with E-state index in [-0.39, 0.29) is 0 Å². The number of anilines is 2. The summed E-state index contributed by atoms with van der Waals surface area (Å²) >= 11 is 0. The number of aromatic nitrogens is 2. The summed E-state index contributed by atoms with van der Waals surface area (Å²) in [6.07, 6.45) is 4.14. The Kier molecular flexibility index (Phi) is 5.86. The van der Waals surface area contributed by atoms with E-state index in [0.717, 1.165) is 24.9 Å². The second-order valence-corrected chi connectivity index (χ2v) is 9.14. The minimum Gasteiger partial charge on any atom is -0.494 e. The fourth-order valence-corrected chi connectivity index (χ4v) is 5.19. The van der Waals surface area contributed by atoms with Crippen molar-refractivity contribution in [2.75, 3.05) is 55.7 Å². The topological polar surface area (TPSA) is 78.9 Å². The lowest BCUT2D eigenvalue weighted by atomic mass is 10.3. The van der Waals surface area contributed by atoms with Gasteiger partial charge in [0.05, 0.1) is 11.5 Å². The summed E-state index contributed by atoms with van der Waals surface area (Å²) in [5, 5.41) is 0. The summed E-state index contributed by atoms with van der Waals surface area (Å²) in [4.78, 5) is 13.7. The number of sulfonamides is 1. The van der Waals surface area contributed by atoms with Gasteiger partial charge in [0.2, 0.25) is 16.0 Å². The Morgan fingerprint density at radius 2 is 1.62 bits per heavy atom. The van der Waals surface area contributed by atoms with Crippen molar-refractivity contribution < 1.29 is 13.2 Å². The molecule has 3 heterocycles. The Balaban J connectivity index is 1.41. The third-order valence-electron chi connectivity index (χ3n) is 5.35. The van der Waals surface area contributed by atoms with E-state index >= 15 is 0 Å². The molecule has 2 aliphatic rings. The molecule has 2 saturated heterocycles. The first-order chi connectivity index (χ1) is 14.1. The molecule has 8 nitrogen and oxygen atoms in total. The van der Waals surface area contributed by atoms with E-state index in [1.54, 1.807) is 34.8 Å². The minimum absolute atomic E-state index is 0.299. The van der Waals surface area contributed by atoms with Crippen LogP contribution in [0.25, 0.3) is 0 Å². The van der Waals surface area contributed by atoms with E-state index < -0.39 is 10.0 Å². The summed E-state index contributed by atoms with van der Waals surface area (Å²) in [6.45, 7) is 6.51. The SMILES string of the molecule is CCOc1ccc(S(=O)(=O)N2CCN(c3ccnc(N4CCCC4)n3)CC2)cc1. The monoisotopic (exact) mass is 417 g/mol. The van der Waals surface area contributed by atoms with Gasteiger partial charge in [0.1, 0.15) is 11.6 Å². The van der Waals surface area contributed by atoms with Crippen LogP contribution < -0.4 is 14.5 Å². The van der Waals surface area contributed by atoms with Gasteiger partial charge in [0, 0.05) is 45.5 Å². The van der Waals surface area contributed by atoms with Crippen molar-refractivity contribution in [2.24, 2.45) is 0 Å². The lowest BCUT2D eigenvalue weighted by Gasteiger charge is -2.34. The van der Waals surface area contributed by atoms with Crippen LogP contribution in [0.5, 0.6) is 5.75 Å². The second kappa shape index (κ2) is 8.54. The minimum atomic E-state index is -3.51. The van der Waals surface area contributed by atoms with Crippen LogP contribution in [0.15, 0.2) is 41.4 Å². The normalized spacial score (nSPS) is 18.2. The van der Waals surface area contributed by atoms with E-state index in [0.29, 0.717) is 43.4 Å². The molecule has 0 amide bonds. The van der Waals surface area contributed by atoms with Gasteiger partial charge < -0.3 is 14.5 Å². The molecule has 2 aromatic rings. The molecule has 29 heavy (non-hydrogen) atoms. The predicted molar refractivity (Wildman–Crippen MR) is 112 cm³/mol. The van der Waals surface area contributed by atoms with Crippen LogP contribution in [0, 0.1) is 0 Å². The summed E-state index contributed by atoms with van der Waals surface area (Å²) < 4.78 is 32.9. The van der Waals surface area contributed by atoms with E-state index in [2.05, 4.69) is 14.8 Å². The summed E-state index contributed by atoms with van der Waals surface area (Å²) in [7, 11) is -3.51. The molecule has 0 aliphatic carbocycles. The fraction of sp³-hybridized carbons (Fsp3) is 0.500. The van der Waals surface area contributed by atoms with Crippen molar-refractivity contribution in [1.29, 1.82) is 0 Å². The molecule has 2 fully saturated rings. The van der Waals surface area contributed by atoms with Crippen LogP contribution in [0.4, 0.5) is 11.8 Å². The summed E-state index contributed by atoms with van der Waals surface area (Å²) in [6, 6.07) is 8.52. The van der Waals surface area contributed by atoms with Crippen molar-refractivity contribution in [3.63, 3.8) is 0 Å². The Hall–Kier alpha value is -2.39. The molecule has 2 aliphatic heterocycles. The molecule has 0 bridgehead atoms. The van der Waals surface area contributed by atoms with Gasteiger partial charge in [-0.3, -0.25) is 0 Å². The van der Waals surface area contributed by atoms with Gasteiger partial charge in [0.25, 0.3) is 0 Å². The second-order valence-electron chi connectivity index (χ2n) is 7.20. The lowest BCUT2D eigenvalue weighted by molar-refractivity contribution is 0.340. The average Bonchev–Trinajstić information content (AvgIpc) is 3.30. The molecular formula is C20H27N5O3S. The number of rotatable bonds is 6. The van der Waals surface area contributed by atoms with E-state index in [1.807, 2.05) is 13.0 Å². The molecule has 156 valence electrons. The first-order valence-corrected chi connectivity index (χ1v) is 11.6. The molecule has 1 aromatic heterocycles. The van der Waals surface area contributed by atoms with E-state index in [9.17, 15) is 8.42 Å². The number of benzene rings is 1. The number of hydrogen-bond donors (Lipinski definition) is 0. The largest absolute Gasteiger partial charge is 0.494 e. The summed E-state index contributed by atoms with van der Waals surface area (Å²) in [5.74, 6) is 2.30. The van der Waals surface area contributed by atoms with Crippen LogP contribution in [0.1, 0.15) is 19.8 Å². The molecule has 0 atom stereocenters. The van der Waals surface area contributed by atoms with Crippen molar-refractivity contribution in [2.45, 2.75) is 24.7 Å². The molecular weight excluding hydrogens is 390 g/mol. The average molecular weight is 418 g/mol. The molecule has 0 radical (unpaired) electrons. The van der Waals surface area contributed by atoms with Gasteiger partial charge in [0.15, 0.2) is 0 Å². The van der Waals surface area contributed by atoms with E-state index in [4.69, 9.17) is 9.72 Å². The summed E-state index contributed by atoms with van der Waals surface area (Å²) in [5.41, 5.74) is 0. The quantitative estimate of drug-likeness (QED) is 0.711. The molecule has 9 heteroatoms. The zero-order chi connectivity index (χ0) is 20.3. The molecule has 0 spiro atoms. The number of piperazine rings is 1. The van der Waals surface area contributed by atoms with Gasteiger partial charge in [-0.2, -0.15) is 9.29 Å². The number of ether oxygens (including phenoxy) is 1. The number of nitrogens with zero attached hydrogens (tertiary/aromatic N) is 5. The van der Waals surface area contributed by atoms with Crippen LogP contribution in [0.2, 0.25) is 0 Å². The smallest absolute Gasteiger partial charge is 0.243 e. The highest BCUT2D eigenvalue weighted by Gasteiger charge is 2.29.